The van der Waals surface area contributed by atoms with Crippen molar-refractivity contribution in [3.8, 4) is 5.69 Å². The van der Waals surface area contributed by atoms with Crippen LogP contribution >= 0.6 is 0 Å². The average Bonchev–Trinajstić information content (AvgIpc) is 2.29. The third-order valence-electron chi connectivity index (χ3n) is 2.05. The highest BCUT2D eigenvalue weighted by Gasteiger charge is 2.20. The van der Waals surface area contributed by atoms with Crippen molar-refractivity contribution in [2.75, 3.05) is 0 Å². The third kappa shape index (κ3) is 6.03. The molecule has 18 heavy (non-hydrogen) atoms. The number of aryl methyl sites for hydroxylation is 1. The predicted octanol–water partition coefficient (Wildman–Crippen LogP) is 3.57. The van der Waals surface area contributed by atoms with Gasteiger partial charge in [0.2, 0.25) is 5.69 Å². The molecular formula is C12H12BF4N. The zero-order valence-electron chi connectivity index (χ0n) is 9.73. The summed E-state index contributed by atoms with van der Waals surface area (Å²) in [6, 6.07) is 14.6. The summed E-state index contributed by atoms with van der Waals surface area (Å²) in [6.07, 6.45) is 4.09. The maximum absolute atomic E-state index is 9.75. The van der Waals surface area contributed by atoms with E-state index in [-0.39, 0.29) is 0 Å². The predicted molar refractivity (Wildman–Crippen MR) is 62.9 cm³/mol. The molecule has 1 aromatic carbocycles. The van der Waals surface area contributed by atoms with E-state index in [1.165, 1.54) is 11.3 Å². The van der Waals surface area contributed by atoms with Gasteiger partial charge < -0.3 is 17.3 Å². The number of hydrogen-bond donors (Lipinski definition) is 0. The Kier molecular flexibility index (Phi) is 4.89. The van der Waals surface area contributed by atoms with Gasteiger partial charge in [0.15, 0.2) is 12.4 Å². The molecule has 96 valence electrons. The fraction of sp³-hybridized carbons (Fsp3) is 0.0833. The molecule has 2 rings (SSSR count). The normalized spacial score (nSPS) is 10.5. The number of pyridine rings is 1. The van der Waals surface area contributed by atoms with Crippen molar-refractivity contribution in [3.05, 3.63) is 60.4 Å². The summed E-state index contributed by atoms with van der Waals surface area (Å²) in [7, 11) is -6.00. The lowest BCUT2D eigenvalue weighted by molar-refractivity contribution is -0.595. The summed E-state index contributed by atoms with van der Waals surface area (Å²) in [6.45, 7) is 2.10. The minimum absolute atomic E-state index is 1.20. The fourth-order valence-corrected chi connectivity index (χ4v) is 1.29. The Labute approximate surface area is 103 Å². The maximum atomic E-state index is 9.75. The molecule has 1 aromatic heterocycles. The average molecular weight is 257 g/mol. The molecule has 0 unspecified atom stereocenters. The van der Waals surface area contributed by atoms with Crippen LogP contribution in [0.25, 0.3) is 5.69 Å². The number of aromatic nitrogens is 1. The van der Waals surface area contributed by atoms with Gasteiger partial charge in [-0.1, -0.05) is 23.8 Å². The molecule has 0 atom stereocenters. The minimum atomic E-state index is -6.00. The number of hydrogen-bond acceptors (Lipinski definition) is 0. The Morgan fingerprint density at radius 2 is 1.28 bits per heavy atom. The summed E-state index contributed by atoms with van der Waals surface area (Å²) in [4.78, 5) is 0. The minimum Gasteiger partial charge on any atom is -0.418 e. The third-order valence-corrected chi connectivity index (χ3v) is 2.05. The second-order valence-corrected chi connectivity index (χ2v) is 3.61. The molecule has 0 amide bonds. The van der Waals surface area contributed by atoms with E-state index in [1.807, 2.05) is 30.6 Å². The topological polar surface area (TPSA) is 3.88 Å². The maximum Gasteiger partial charge on any atom is 0.673 e. The van der Waals surface area contributed by atoms with E-state index in [2.05, 4.69) is 35.8 Å². The highest BCUT2D eigenvalue weighted by molar-refractivity contribution is 6.50. The lowest BCUT2D eigenvalue weighted by Crippen LogP contribution is -2.28. The van der Waals surface area contributed by atoms with Gasteiger partial charge in [-0.15, -0.1) is 0 Å². The van der Waals surface area contributed by atoms with Crippen LogP contribution in [0.1, 0.15) is 5.56 Å². The number of rotatable bonds is 1. The van der Waals surface area contributed by atoms with Gasteiger partial charge in [-0.25, -0.2) is 0 Å². The second kappa shape index (κ2) is 6.19. The van der Waals surface area contributed by atoms with E-state index in [0.717, 1.165) is 0 Å². The lowest BCUT2D eigenvalue weighted by Gasteiger charge is -1.94. The Balaban J connectivity index is 0.000000280. The monoisotopic (exact) mass is 257 g/mol. The molecule has 2 aromatic rings. The van der Waals surface area contributed by atoms with Crippen molar-refractivity contribution in [1.82, 2.24) is 0 Å². The Morgan fingerprint density at radius 3 is 1.72 bits per heavy atom. The van der Waals surface area contributed by atoms with Gasteiger partial charge in [-0.2, -0.15) is 4.57 Å². The van der Waals surface area contributed by atoms with Crippen LogP contribution in [-0.2, 0) is 0 Å². The molecule has 0 bridgehead atoms. The lowest BCUT2D eigenvalue weighted by atomic mass is 10.2. The van der Waals surface area contributed by atoms with Gasteiger partial charge in [0.25, 0.3) is 0 Å². The molecule has 0 aliphatic rings. The van der Waals surface area contributed by atoms with Crippen molar-refractivity contribution in [3.63, 3.8) is 0 Å². The first kappa shape index (κ1) is 14.2. The molecule has 0 saturated heterocycles. The van der Waals surface area contributed by atoms with Crippen molar-refractivity contribution in [1.29, 1.82) is 0 Å². The van der Waals surface area contributed by atoms with Crippen LogP contribution in [0, 0.1) is 6.92 Å². The molecular weight excluding hydrogens is 245 g/mol. The highest BCUT2D eigenvalue weighted by atomic mass is 19.5. The molecule has 6 heteroatoms. The van der Waals surface area contributed by atoms with Crippen LogP contribution in [-0.4, -0.2) is 7.25 Å². The van der Waals surface area contributed by atoms with E-state index >= 15 is 0 Å². The van der Waals surface area contributed by atoms with Gasteiger partial charge in [-0.05, 0) is 6.92 Å². The standard InChI is InChI=1S/C12H12N.BF4/c1-11-5-7-12(8-6-11)13-9-3-2-4-10-13;2-1(3,4)5/h2-10H,1H3;/q+1;-1. The summed E-state index contributed by atoms with van der Waals surface area (Å²) in [5, 5.41) is 0. The zero-order chi connectivity index (χ0) is 13.6. The fourth-order valence-electron chi connectivity index (χ4n) is 1.29. The number of benzene rings is 1. The van der Waals surface area contributed by atoms with Crippen LogP contribution in [0.3, 0.4) is 0 Å². The highest BCUT2D eigenvalue weighted by Crippen LogP contribution is 2.06. The van der Waals surface area contributed by atoms with Crippen molar-refractivity contribution < 1.29 is 21.8 Å². The van der Waals surface area contributed by atoms with Gasteiger partial charge in [0.05, 0.1) is 0 Å². The van der Waals surface area contributed by atoms with E-state index in [9.17, 15) is 17.3 Å². The molecule has 1 nitrogen and oxygen atoms in total. The van der Waals surface area contributed by atoms with Crippen molar-refractivity contribution in [2.24, 2.45) is 0 Å². The summed E-state index contributed by atoms with van der Waals surface area (Å²) >= 11 is 0. The van der Waals surface area contributed by atoms with Crippen LogP contribution in [0.4, 0.5) is 17.3 Å². The molecule has 0 fully saturated rings. The Hall–Kier alpha value is -1.85. The molecule has 1 heterocycles. The first-order valence-corrected chi connectivity index (χ1v) is 5.27. The second-order valence-electron chi connectivity index (χ2n) is 3.61. The van der Waals surface area contributed by atoms with Crippen LogP contribution in [0.5, 0.6) is 0 Å². The van der Waals surface area contributed by atoms with Crippen LogP contribution < -0.4 is 4.57 Å². The number of halogens is 4. The largest absolute Gasteiger partial charge is 0.673 e. The van der Waals surface area contributed by atoms with Crippen molar-refractivity contribution in [2.45, 2.75) is 6.92 Å². The zero-order valence-corrected chi connectivity index (χ0v) is 9.73. The van der Waals surface area contributed by atoms with Crippen molar-refractivity contribution >= 4 is 7.25 Å². The number of nitrogens with zero attached hydrogens (tertiary/aromatic N) is 1. The van der Waals surface area contributed by atoms with Gasteiger partial charge in [0.1, 0.15) is 0 Å². The summed E-state index contributed by atoms with van der Waals surface area (Å²) in [5.74, 6) is 0. The van der Waals surface area contributed by atoms with Gasteiger partial charge >= 0.3 is 7.25 Å². The van der Waals surface area contributed by atoms with Gasteiger partial charge in [0, 0.05) is 24.3 Å². The Bertz CT molecular complexity index is 462. The summed E-state index contributed by atoms with van der Waals surface area (Å²) < 4.78 is 41.1. The van der Waals surface area contributed by atoms with E-state index < -0.39 is 7.25 Å². The molecule has 0 radical (unpaired) electrons. The molecule has 0 aliphatic heterocycles. The molecule has 0 aliphatic carbocycles. The molecule has 0 N–H and O–H groups in total. The summed E-state index contributed by atoms with van der Waals surface area (Å²) in [5.41, 5.74) is 2.49. The van der Waals surface area contributed by atoms with E-state index in [0.29, 0.717) is 0 Å². The first-order valence-electron chi connectivity index (χ1n) is 5.27. The van der Waals surface area contributed by atoms with Crippen LogP contribution in [0.15, 0.2) is 54.9 Å². The van der Waals surface area contributed by atoms with Crippen LogP contribution in [0.2, 0.25) is 0 Å². The first-order chi connectivity index (χ1) is 8.36. The molecule has 0 saturated carbocycles. The van der Waals surface area contributed by atoms with Gasteiger partial charge in [-0.3, -0.25) is 0 Å². The molecule has 0 spiro atoms. The Morgan fingerprint density at radius 1 is 0.833 bits per heavy atom. The quantitative estimate of drug-likeness (QED) is 0.417. The smallest absolute Gasteiger partial charge is 0.418 e. The SMILES string of the molecule is Cc1ccc(-[n+]2ccccc2)cc1.F[B-](F)(F)F. The van der Waals surface area contributed by atoms with E-state index in [1.54, 1.807) is 0 Å². The van der Waals surface area contributed by atoms with E-state index in [4.69, 9.17) is 0 Å².